The zero-order valence-electron chi connectivity index (χ0n) is 9.39. The second-order valence-corrected chi connectivity index (χ2v) is 3.06. The maximum absolute atomic E-state index is 10.3. The smallest absolute Gasteiger partial charge is 0.547 e. The van der Waals surface area contributed by atoms with E-state index in [0.717, 1.165) is 0 Å². The van der Waals surface area contributed by atoms with Crippen LogP contribution in [0.3, 0.4) is 0 Å². The molecule has 4 atom stereocenters. The summed E-state index contributed by atoms with van der Waals surface area (Å²) in [5, 5.41) is 54.8. The monoisotopic (exact) mass is 262 g/mol. The van der Waals surface area contributed by atoms with Crippen molar-refractivity contribution in [3.63, 3.8) is 0 Å². The Kier molecular flexibility index (Phi) is 11.7. The zero-order chi connectivity index (χ0) is 12.7. The fraction of sp³-hybridized carbons (Fsp3) is 0.875. The first-order valence-electron chi connectivity index (χ1n) is 4.54. The van der Waals surface area contributed by atoms with Crippen LogP contribution in [0, 0.1) is 0 Å². The van der Waals surface area contributed by atoms with Crippen LogP contribution in [-0.2, 0) is 9.53 Å². The summed E-state index contributed by atoms with van der Waals surface area (Å²) in [6.07, 6.45) is -7.36. The fourth-order valence-electron chi connectivity index (χ4n) is 1.05. The van der Waals surface area contributed by atoms with E-state index in [0.29, 0.717) is 0 Å². The van der Waals surface area contributed by atoms with Crippen molar-refractivity contribution in [3.8, 4) is 0 Å². The minimum absolute atomic E-state index is 0. The van der Waals surface area contributed by atoms with Crippen LogP contribution in [0.2, 0.25) is 0 Å². The van der Waals surface area contributed by atoms with E-state index in [4.69, 9.17) is 20.1 Å². The molecule has 9 heteroatoms. The van der Waals surface area contributed by atoms with Gasteiger partial charge in [0.2, 0.25) is 0 Å². The minimum Gasteiger partial charge on any atom is -0.547 e. The molecule has 8 nitrogen and oxygen atoms in total. The van der Waals surface area contributed by atoms with Gasteiger partial charge in [0.1, 0.15) is 24.4 Å². The van der Waals surface area contributed by atoms with E-state index in [-0.39, 0.29) is 36.2 Å². The minimum atomic E-state index is -2.26. The second kappa shape index (κ2) is 10.2. The number of carbonyl (C=O) groups excluding carboxylic acids is 1. The van der Waals surface area contributed by atoms with Crippen molar-refractivity contribution < 1.29 is 69.7 Å². The molecule has 0 aromatic rings. The van der Waals surface area contributed by atoms with Crippen LogP contribution in [0.4, 0.5) is 0 Å². The third-order valence-corrected chi connectivity index (χ3v) is 1.87. The molecule has 0 aliphatic carbocycles. The van der Waals surface area contributed by atoms with Gasteiger partial charge in [0.25, 0.3) is 0 Å². The predicted octanol–water partition coefficient (Wildman–Crippen LogP) is -7.81. The van der Waals surface area contributed by atoms with Crippen LogP contribution in [-0.4, -0.2) is 75.7 Å². The van der Waals surface area contributed by atoms with Crippen LogP contribution < -0.4 is 34.7 Å². The summed E-state index contributed by atoms with van der Waals surface area (Å²) >= 11 is 0. The van der Waals surface area contributed by atoms with E-state index in [1.54, 1.807) is 0 Å². The molecule has 0 rings (SSSR count). The van der Waals surface area contributed by atoms with E-state index < -0.39 is 43.6 Å². The van der Waals surface area contributed by atoms with Crippen LogP contribution in [0.1, 0.15) is 0 Å². The number of aliphatic hydroxyl groups excluding tert-OH is 5. The van der Waals surface area contributed by atoms with E-state index in [1.165, 1.54) is 0 Å². The first-order chi connectivity index (χ1) is 7.45. The molecule has 0 saturated heterocycles. The van der Waals surface area contributed by atoms with Crippen LogP contribution >= 0.6 is 0 Å². The van der Waals surface area contributed by atoms with Gasteiger partial charge < -0.3 is 40.2 Å². The van der Waals surface area contributed by atoms with E-state index >= 15 is 0 Å². The van der Waals surface area contributed by atoms with Gasteiger partial charge >= 0.3 is 29.6 Å². The molecule has 0 aromatic heterocycles. The van der Waals surface area contributed by atoms with Crippen LogP contribution in [0.25, 0.3) is 0 Å². The number of carboxylic acid groups (broad SMARTS) is 1. The number of carboxylic acids is 1. The molecule has 96 valence electrons. The topological polar surface area (TPSA) is 151 Å². The molecule has 0 saturated carbocycles. The number of rotatable bonds is 8. The third kappa shape index (κ3) is 6.65. The van der Waals surface area contributed by atoms with Crippen LogP contribution in [0.15, 0.2) is 0 Å². The Balaban J connectivity index is 0. The van der Waals surface area contributed by atoms with Crippen molar-refractivity contribution in [3.05, 3.63) is 0 Å². The summed E-state index contributed by atoms with van der Waals surface area (Å²) in [5.74, 6) is -1.93. The molecule has 0 heterocycles. The quantitative estimate of drug-likeness (QED) is 0.271. The Bertz CT molecular complexity index is 214. The molecule has 0 aliphatic rings. The van der Waals surface area contributed by atoms with Crippen LogP contribution in [0.5, 0.6) is 0 Å². The van der Waals surface area contributed by atoms with Gasteiger partial charge in [0.15, 0.2) is 0 Å². The van der Waals surface area contributed by atoms with E-state index in [1.807, 2.05) is 0 Å². The first kappa shape index (κ1) is 19.6. The standard InChI is InChI=1S/C8H16O8.Na/c9-1-2-16-7(4(11)3-10)5(12)6(13)8(14)15;/h4-7,9-13H,1-3H2,(H,14,15);/q;+1/p-1. The average molecular weight is 262 g/mol. The van der Waals surface area contributed by atoms with E-state index in [9.17, 15) is 20.1 Å². The number of aliphatic hydroxyl groups is 5. The summed E-state index contributed by atoms with van der Waals surface area (Å²) in [6, 6.07) is 0. The molecule has 0 fully saturated rings. The van der Waals surface area contributed by atoms with Crippen molar-refractivity contribution >= 4 is 5.97 Å². The van der Waals surface area contributed by atoms with E-state index in [2.05, 4.69) is 0 Å². The summed E-state index contributed by atoms with van der Waals surface area (Å²) < 4.78 is 4.72. The number of aliphatic carboxylic acids is 1. The molecule has 0 aliphatic heterocycles. The van der Waals surface area contributed by atoms with Gasteiger partial charge in [-0.15, -0.1) is 0 Å². The normalized spacial score (nSPS) is 17.7. The molecular weight excluding hydrogens is 247 g/mol. The van der Waals surface area contributed by atoms with Crippen molar-refractivity contribution in [1.29, 1.82) is 0 Å². The second-order valence-electron chi connectivity index (χ2n) is 3.06. The largest absolute Gasteiger partial charge is 1.00 e. The van der Waals surface area contributed by atoms with Gasteiger partial charge in [0, 0.05) is 0 Å². The van der Waals surface area contributed by atoms with Gasteiger partial charge in [-0.1, -0.05) is 0 Å². The van der Waals surface area contributed by atoms with Crippen molar-refractivity contribution in [1.82, 2.24) is 0 Å². The molecule has 17 heavy (non-hydrogen) atoms. The molecule has 5 N–H and O–H groups in total. The Morgan fingerprint density at radius 2 is 1.76 bits per heavy atom. The molecule has 0 radical (unpaired) electrons. The summed E-state index contributed by atoms with van der Waals surface area (Å²) in [5.41, 5.74) is 0. The summed E-state index contributed by atoms with van der Waals surface area (Å²) in [6.45, 7) is -1.52. The SMILES string of the molecule is O=C([O-])C(O)C(O)C(OCCO)C(O)CO.[Na+]. The maximum atomic E-state index is 10.3. The van der Waals surface area contributed by atoms with Gasteiger partial charge in [-0.3, -0.25) is 0 Å². The Morgan fingerprint density at radius 1 is 1.24 bits per heavy atom. The first-order valence-corrected chi connectivity index (χ1v) is 4.54. The summed E-state index contributed by atoms with van der Waals surface area (Å²) in [7, 11) is 0. The Morgan fingerprint density at radius 3 is 2.12 bits per heavy atom. The van der Waals surface area contributed by atoms with Crippen molar-refractivity contribution in [2.75, 3.05) is 19.8 Å². The number of hydrogen-bond donors (Lipinski definition) is 5. The number of ether oxygens (including phenoxy) is 1. The fourth-order valence-corrected chi connectivity index (χ4v) is 1.05. The zero-order valence-corrected chi connectivity index (χ0v) is 11.4. The Labute approximate surface area is 120 Å². The summed E-state index contributed by atoms with van der Waals surface area (Å²) in [4.78, 5) is 10.3. The third-order valence-electron chi connectivity index (χ3n) is 1.87. The molecule has 4 unspecified atom stereocenters. The van der Waals surface area contributed by atoms with Gasteiger partial charge in [-0.25, -0.2) is 0 Å². The van der Waals surface area contributed by atoms with Crippen molar-refractivity contribution in [2.45, 2.75) is 24.4 Å². The van der Waals surface area contributed by atoms with Gasteiger partial charge in [0.05, 0.1) is 25.8 Å². The predicted molar refractivity (Wildman–Crippen MR) is 46.9 cm³/mol. The maximum Gasteiger partial charge on any atom is 1.00 e. The van der Waals surface area contributed by atoms with Crippen molar-refractivity contribution in [2.24, 2.45) is 0 Å². The molecule has 0 spiro atoms. The average Bonchev–Trinajstić information content (AvgIpc) is 2.27. The molecular formula is C8H15NaO8. The van der Waals surface area contributed by atoms with Gasteiger partial charge in [-0.05, 0) is 0 Å². The van der Waals surface area contributed by atoms with Gasteiger partial charge in [-0.2, -0.15) is 0 Å². The molecule has 0 bridgehead atoms. The number of carbonyl (C=O) groups is 1. The Hall–Kier alpha value is 0.230. The number of hydrogen-bond acceptors (Lipinski definition) is 8. The molecule has 0 aromatic carbocycles. The molecule has 0 amide bonds.